The molecule has 0 atom stereocenters. The minimum atomic E-state index is 0.427. The Morgan fingerprint density at radius 3 is 1.19 bits per heavy atom. The van der Waals surface area contributed by atoms with E-state index in [-0.39, 0.29) is 0 Å². The standard InChI is InChI=1S/C22H16N2S2/c1-25-17-7-3-15(4-8-17)19-11-12-20(22(14-24)21(19)13-23)16-5-9-18(26-2)10-6-16/h3-12H,1-2H3. The monoisotopic (exact) mass is 372 g/mol. The summed E-state index contributed by atoms with van der Waals surface area (Å²) in [6, 6.07) is 24.5. The smallest absolute Gasteiger partial charge is 0.101 e. The Morgan fingerprint density at radius 2 is 0.923 bits per heavy atom. The summed E-state index contributed by atoms with van der Waals surface area (Å²) in [5, 5.41) is 19.5. The third-order valence-corrected chi connectivity index (χ3v) is 5.72. The van der Waals surface area contributed by atoms with Crippen LogP contribution in [0.1, 0.15) is 11.1 Å². The molecule has 0 fully saturated rings. The molecule has 0 aromatic heterocycles. The van der Waals surface area contributed by atoms with E-state index in [1.807, 2.05) is 73.2 Å². The van der Waals surface area contributed by atoms with Crippen LogP contribution in [0.25, 0.3) is 22.3 Å². The topological polar surface area (TPSA) is 47.6 Å². The van der Waals surface area contributed by atoms with Crippen LogP contribution in [0.2, 0.25) is 0 Å². The first-order chi connectivity index (χ1) is 12.7. The van der Waals surface area contributed by atoms with Crippen molar-refractivity contribution in [3.05, 3.63) is 71.8 Å². The van der Waals surface area contributed by atoms with Gasteiger partial charge in [0.2, 0.25) is 0 Å². The normalized spacial score (nSPS) is 10.2. The highest BCUT2D eigenvalue weighted by molar-refractivity contribution is 7.98. The number of hydrogen-bond acceptors (Lipinski definition) is 4. The predicted molar refractivity (Wildman–Crippen MR) is 110 cm³/mol. The first-order valence-electron chi connectivity index (χ1n) is 7.98. The lowest BCUT2D eigenvalue weighted by Gasteiger charge is -2.11. The number of hydrogen-bond donors (Lipinski definition) is 0. The molecule has 2 nitrogen and oxygen atoms in total. The van der Waals surface area contributed by atoms with Gasteiger partial charge in [0, 0.05) is 20.9 Å². The Balaban J connectivity index is 2.15. The fourth-order valence-corrected chi connectivity index (χ4v) is 3.67. The molecule has 3 aromatic carbocycles. The zero-order valence-electron chi connectivity index (χ0n) is 14.5. The van der Waals surface area contributed by atoms with Crippen molar-refractivity contribution in [2.75, 3.05) is 12.5 Å². The second-order valence-electron chi connectivity index (χ2n) is 5.59. The average molecular weight is 373 g/mol. The number of rotatable bonds is 4. The highest BCUT2D eigenvalue weighted by Gasteiger charge is 2.15. The maximum absolute atomic E-state index is 9.74. The molecule has 0 aliphatic rings. The summed E-state index contributed by atoms with van der Waals surface area (Å²) in [5.74, 6) is 0. The summed E-state index contributed by atoms with van der Waals surface area (Å²) < 4.78 is 0. The molecule has 0 N–H and O–H groups in total. The van der Waals surface area contributed by atoms with Gasteiger partial charge in [-0.05, 0) is 47.9 Å². The minimum Gasteiger partial charge on any atom is -0.192 e. The molecular formula is C22H16N2S2. The summed E-state index contributed by atoms with van der Waals surface area (Å²) in [6.45, 7) is 0. The van der Waals surface area contributed by atoms with E-state index >= 15 is 0 Å². The van der Waals surface area contributed by atoms with Gasteiger partial charge >= 0.3 is 0 Å². The van der Waals surface area contributed by atoms with Crippen LogP contribution in [-0.2, 0) is 0 Å². The van der Waals surface area contributed by atoms with Gasteiger partial charge in [-0.25, -0.2) is 0 Å². The minimum absolute atomic E-state index is 0.427. The van der Waals surface area contributed by atoms with Gasteiger partial charge in [-0.1, -0.05) is 36.4 Å². The van der Waals surface area contributed by atoms with E-state index in [4.69, 9.17) is 0 Å². The lowest BCUT2D eigenvalue weighted by Crippen LogP contribution is -1.94. The molecule has 0 saturated carbocycles. The van der Waals surface area contributed by atoms with Crippen molar-refractivity contribution in [3.63, 3.8) is 0 Å². The van der Waals surface area contributed by atoms with Crippen molar-refractivity contribution >= 4 is 23.5 Å². The van der Waals surface area contributed by atoms with E-state index in [2.05, 4.69) is 12.1 Å². The van der Waals surface area contributed by atoms with Crippen LogP contribution in [0.5, 0.6) is 0 Å². The molecule has 0 aliphatic carbocycles. The average Bonchev–Trinajstić information content (AvgIpc) is 2.72. The van der Waals surface area contributed by atoms with E-state index < -0.39 is 0 Å². The van der Waals surface area contributed by atoms with E-state index in [0.717, 1.165) is 22.3 Å². The second-order valence-corrected chi connectivity index (χ2v) is 7.35. The van der Waals surface area contributed by atoms with Gasteiger partial charge in [0.05, 0.1) is 11.1 Å². The molecule has 0 heterocycles. The van der Waals surface area contributed by atoms with Crippen LogP contribution < -0.4 is 0 Å². The summed E-state index contributed by atoms with van der Waals surface area (Å²) in [6.07, 6.45) is 4.06. The molecular weight excluding hydrogens is 356 g/mol. The van der Waals surface area contributed by atoms with Crippen molar-refractivity contribution in [1.29, 1.82) is 10.5 Å². The van der Waals surface area contributed by atoms with Crippen LogP contribution in [0, 0.1) is 22.7 Å². The Hall–Kier alpha value is -2.66. The third kappa shape index (κ3) is 3.48. The van der Waals surface area contributed by atoms with Gasteiger partial charge in [-0.2, -0.15) is 10.5 Å². The molecule has 3 aromatic rings. The summed E-state index contributed by atoms with van der Waals surface area (Å²) in [4.78, 5) is 2.33. The fraction of sp³-hybridized carbons (Fsp3) is 0.0909. The number of benzene rings is 3. The quantitative estimate of drug-likeness (QED) is 0.511. The maximum atomic E-state index is 9.74. The Morgan fingerprint density at radius 1 is 0.577 bits per heavy atom. The highest BCUT2D eigenvalue weighted by Crippen LogP contribution is 2.34. The van der Waals surface area contributed by atoms with Gasteiger partial charge in [0.1, 0.15) is 12.1 Å². The third-order valence-electron chi connectivity index (χ3n) is 4.23. The van der Waals surface area contributed by atoms with Crippen molar-refractivity contribution in [2.24, 2.45) is 0 Å². The van der Waals surface area contributed by atoms with Crippen LogP contribution in [-0.4, -0.2) is 12.5 Å². The lowest BCUT2D eigenvalue weighted by atomic mass is 9.90. The molecule has 0 aliphatic heterocycles. The molecule has 0 amide bonds. The summed E-state index contributed by atoms with van der Waals surface area (Å²) in [5.41, 5.74) is 4.33. The van der Waals surface area contributed by atoms with Crippen molar-refractivity contribution in [2.45, 2.75) is 9.79 Å². The van der Waals surface area contributed by atoms with Crippen molar-refractivity contribution in [1.82, 2.24) is 0 Å². The summed E-state index contributed by atoms with van der Waals surface area (Å²) in [7, 11) is 0. The number of nitrogens with zero attached hydrogens (tertiary/aromatic N) is 2. The predicted octanol–water partition coefficient (Wildman–Crippen LogP) is 6.21. The molecule has 0 radical (unpaired) electrons. The largest absolute Gasteiger partial charge is 0.192 e. The molecule has 126 valence electrons. The zero-order chi connectivity index (χ0) is 18.5. The van der Waals surface area contributed by atoms with Gasteiger partial charge in [0.25, 0.3) is 0 Å². The van der Waals surface area contributed by atoms with Crippen molar-refractivity contribution in [3.8, 4) is 34.4 Å². The van der Waals surface area contributed by atoms with E-state index in [0.29, 0.717) is 11.1 Å². The SMILES string of the molecule is CSc1ccc(-c2ccc(-c3ccc(SC)cc3)c(C#N)c2C#N)cc1. The lowest BCUT2D eigenvalue weighted by molar-refractivity contribution is 1.40. The molecule has 3 rings (SSSR count). The van der Waals surface area contributed by atoms with Gasteiger partial charge in [-0.15, -0.1) is 23.5 Å². The molecule has 0 saturated heterocycles. The van der Waals surface area contributed by atoms with Crippen LogP contribution >= 0.6 is 23.5 Å². The zero-order valence-corrected chi connectivity index (χ0v) is 16.1. The molecule has 0 unspecified atom stereocenters. The molecule has 0 spiro atoms. The van der Waals surface area contributed by atoms with Crippen LogP contribution in [0.4, 0.5) is 0 Å². The van der Waals surface area contributed by atoms with Crippen LogP contribution in [0.15, 0.2) is 70.5 Å². The first kappa shape index (κ1) is 18.1. The first-order valence-corrected chi connectivity index (χ1v) is 10.4. The van der Waals surface area contributed by atoms with Gasteiger partial charge < -0.3 is 0 Å². The Bertz CT molecular complexity index is 924. The van der Waals surface area contributed by atoms with E-state index in [1.54, 1.807) is 23.5 Å². The van der Waals surface area contributed by atoms with Crippen LogP contribution in [0.3, 0.4) is 0 Å². The molecule has 26 heavy (non-hydrogen) atoms. The Kier molecular flexibility index (Phi) is 5.68. The Labute approximate surface area is 162 Å². The number of nitriles is 2. The van der Waals surface area contributed by atoms with E-state index in [9.17, 15) is 10.5 Å². The molecule has 4 heteroatoms. The van der Waals surface area contributed by atoms with Gasteiger partial charge in [-0.3, -0.25) is 0 Å². The number of thioether (sulfide) groups is 2. The summed E-state index contributed by atoms with van der Waals surface area (Å²) >= 11 is 3.35. The van der Waals surface area contributed by atoms with Crippen molar-refractivity contribution < 1.29 is 0 Å². The highest BCUT2D eigenvalue weighted by atomic mass is 32.2. The van der Waals surface area contributed by atoms with Gasteiger partial charge in [0.15, 0.2) is 0 Å². The maximum Gasteiger partial charge on any atom is 0.101 e. The molecule has 0 bridgehead atoms. The second kappa shape index (κ2) is 8.15. The fourth-order valence-electron chi connectivity index (χ4n) is 2.86. The van der Waals surface area contributed by atoms with E-state index in [1.165, 1.54) is 9.79 Å².